The van der Waals surface area contributed by atoms with E-state index in [1.165, 1.54) is 5.56 Å². The Kier molecular flexibility index (Phi) is 5.49. The van der Waals surface area contributed by atoms with Crippen LogP contribution in [0.3, 0.4) is 0 Å². The highest BCUT2D eigenvalue weighted by Gasteiger charge is 2.12. The molecule has 1 N–H and O–H groups in total. The van der Waals surface area contributed by atoms with Gasteiger partial charge < -0.3 is 5.11 Å². The van der Waals surface area contributed by atoms with Crippen LogP contribution < -0.4 is 0 Å². The summed E-state index contributed by atoms with van der Waals surface area (Å²) in [6.45, 7) is 3.57. The molecule has 1 aromatic heterocycles. The van der Waals surface area contributed by atoms with Crippen LogP contribution in [0.5, 0.6) is 0 Å². The molecule has 0 bridgehead atoms. The van der Waals surface area contributed by atoms with Crippen molar-refractivity contribution in [1.29, 1.82) is 0 Å². The fourth-order valence-electron chi connectivity index (χ4n) is 1.75. The number of aryl methyl sites for hydroxylation is 1. The first kappa shape index (κ1) is 13.2. The highest BCUT2D eigenvalue weighted by molar-refractivity contribution is 5.08. The highest BCUT2D eigenvalue weighted by atomic mass is 16.2. The van der Waals surface area contributed by atoms with Crippen LogP contribution in [0, 0.1) is 0 Å². The first-order valence-corrected chi connectivity index (χ1v) is 5.94. The van der Waals surface area contributed by atoms with Gasteiger partial charge in [0.2, 0.25) is 0 Å². The third-order valence-corrected chi connectivity index (χ3v) is 3.04. The zero-order valence-electron chi connectivity index (χ0n) is 10.6. The van der Waals surface area contributed by atoms with E-state index in [1.54, 1.807) is 0 Å². The molecule has 0 aliphatic heterocycles. The van der Waals surface area contributed by atoms with Crippen molar-refractivity contribution >= 4 is 0 Å². The van der Waals surface area contributed by atoms with E-state index in [0.717, 1.165) is 25.8 Å². The van der Waals surface area contributed by atoms with Crippen molar-refractivity contribution in [3.8, 4) is 0 Å². The van der Waals surface area contributed by atoms with Gasteiger partial charge in [-0.25, -0.2) is 0 Å². The van der Waals surface area contributed by atoms with Crippen LogP contribution in [0.15, 0.2) is 12.4 Å². The molecule has 0 fully saturated rings. The molecule has 0 aliphatic rings. The van der Waals surface area contributed by atoms with Crippen molar-refractivity contribution < 1.29 is 5.11 Å². The maximum absolute atomic E-state index is 8.70. The lowest BCUT2D eigenvalue weighted by molar-refractivity contribution is 0.244. The molecule has 0 spiro atoms. The van der Waals surface area contributed by atoms with Crippen LogP contribution >= 0.6 is 0 Å². The number of hydrogen-bond donors (Lipinski definition) is 1. The minimum atomic E-state index is 0.307. The Balaban J connectivity index is 2.33. The zero-order chi connectivity index (χ0) is 12.0. The fourth-order valence-corrected chi connectivity index (χ4v) is 1.75. The van der Waals surface area contributed by atoms with Gasteiger partial charge in [-0.15, -0.1) is 0 Å². The molecule has 4 heteroatoms. The van der Waals surface area contributed by atoms with E-state index < -0.39 is 0 Å². The second kappa shape index (κ2) is 6.66. The molecule has 16 heavy (non-hydrogen) atoms. The van der Waals surface area contributed by atoms with Gasteiger partial charge in [-0.1, -0.05) is 0 Å². The van der Waals surface area contributed by atoms with Gasteiger partial charge >= 0.3 is 0 Å². The van der Waals surface area contributed by atoms with Crippen LogP contribution in [0.1, 0.15) is 37.8 Å². The first-order chi connectivity index (χ1) is 7.65. The average Bonchev–Trinajstić information content (AvgIpc) is 2.70. The molecule has 0 saturated heterocycles. The van der Waals surface area contributed by atoms with Crippen molar-refractivity contribution in [3.05, 3.63) is 18.0 Å². The summed E-state index contributed by atoms with van der Waals surface area (Å²) in [6.07, 6.45) is 7.14. The molecule has 0 aliphatic carbocycles. The summed E-state index contributed by atoms with van der Waals surface area (Å²) >= 11 is 0. The molecule has 0 amide bonds. The summed E-state index contributed by atoms with van der Waals surface area (Å²) in [5.41, 5.74) is 1.26. The number of aromatic nitrogens is 2. The first-order valence-electron chi connectivity index (χ1n) is 5.94. The Bertz CT molecular complexity index is 298. The monoisotopic (exact) mass is 225 g/mol. The summed E-state index contributed by atoms with van der Waals surface area (Å²) in [7, 11) is 4.08. The number of rotatable bonds is 7. The lowest BCUT2D eigenvalue weighted by atomic mass is 10.1. The van der Waals surface area contributed by atoms with Crippen molar-refractivity contribution in [2.75, 3.05) is 20.2 Å². The van der Waals surface area contributed by atoms with Crippen molar-refractivity contribution in [2.45, 2.75) is 32.2 Å². The van der Waals surface area contributed by atoms with Crippen molar-refractivity contribution in [1.82, 2.24) is 14.7 Å². The van der Waals surface area contributed by atoms with E-state index in [9.17, 15) is 0 Å². The van der Waals surface area contributed by atoms with E-state index in [1.807, 2.05) is 17.9 Å². The number of nitrogens with zero attached hydrogens (tertiary/aromatic N) is 3. The number of hydrogen-bond acceptors (Lipinski definition) is 3. The summed E-state index contributed by atoms with van der Waals surface area (Å²) < 4.78 is 1.84. The van der Waals surface area contributed by atoms with Gasteiger partial charge in [-0.3, -0.25) is 9.58 Å². The Morgan fingerprint density at radius 2 is 2.19 bits per heavy atom. The summed E-state index contributed by atoms with van der Waals surface area (Å²) in [6, 6.07) is 0.405. The standard InChI is InChI=1S/C12H23N3O/c1-11(12-9-13-15(3)10-12)14(2)7-5-4-6-8-16/h9-11,16H,4-8H2,1-3H3. The molecule has 1 aromatic rings. The third-order valence-electron chi connectivity index (χ3n) is 3.04. The van der Waals surface area contributed by atoms with E-state index in [2.05, 4.69) is 30.2 Å². The number of unbranched alkanes of at least 4 members (excludes halogenated alkanes) is 2. The van der Waals surface area contributed by atoms with E-state index >= 15 is 0 Å². The molecule has 4 nitrogen and oxygen atoms in total. The quantitative estimate of drug-likeness (QED) is 0.716. The Labute approximate surface area is 97.9 Å². The molecule has 1 atom stereocenters. The van der Waals surface area contributed by atoms with Gasteiger partial charge in [0.25, 0.3) is 0 Å². The van der Waals surface area contributed by atoms with Crippen LogP contribution in [0.4, 0.5) is 0 Å². The molecular formula is C12H23N3O. The molecular weight excluding hydrogens is 202 g/mol. The van der Waals surface area contributed by atoms with Gasteiger partial charge in [0.1, 0.15) is 0 Å². The van der Waals surface area contributed by atoms with Crippen molar-refractivity contribution in [2.24, 2.45) is 7.05 Å². The fraction of sp³-hybridized carbons (Fsp3) is 0.750. The Morgan fingerprint density at radius 1 is 1.44 bits per heavy atom. The largest absolute Gasteiger partial charge is 0.396 e. The van der Waals surface area contributed by atoms with Gasteiger partial charge in [0.15, 0.2) is 0 Å². The van der Waals surface area contributed by atoms with Gasteiger partial charge in [-0.2, -0.15) is 5.10 Å². The second-order valence-electron chi connectivity index (χ2n) is 4.39. The van der Waals surface area contributed by atoms with Crippen LogP contribution in [0.25, 0.3) is 0 Å². The molecule has 92 valence electrons. The average molecular weight is 225 g/mol. The number of aliphatic hydroxyl groups excluding tert-OH is 1. The Hall–Kier alpha value is -0.870. The normalized spacial score (nSPS) is 13.3. The minimum absolute atomic E-state index is 0.307. The maximum Gasteiger partial charge on any atom is 0.0537 e. The zero-order valence-corrected chi connectivity index (χ0v) is 10.6. The summed E-state index contributed by atoms with van der Waals surface area (Å²) in [5, 5.41) is 12.9. The van der Waals surface area contributed by atoms with E-state index in [4.69, 9.17) is 5.11 Å². The minimum Gasteiger partial charge on any atom is -0.396 e. The molecule has 0 saturated carbocycles. The molecule has 1 unspecified atom stereocenters. The second-order valence-corrected chi connectivity index (χ2v) is 4.39. The lowest BCUT2D eigenvalue weighted by Crippen LogP contribution is -2.23. The third kappa shape index (κ3) is 3.94. The highest BCUT2D eigenvalue weighted by Crippen LogP contribution is 2.17. The predicted octanol–water partition coefficient (Wildman–Crippen LogP) is 1.58. The van der Waals surface area contributed by atoms with Crippen molar-refractivity contribution in [3.63, 3.8) is 0 Å². The predicted molar refractivity (Wildman–Crippen MR) is 65.2 cm³/mol. The summed E-state index contributed by atoms with van der Waals surface area (Å²) in [5.74, 6) is 0. The smallest absolute Gasteiger partial charge is 0.0537 e. The Morgan fingerprint density at radius 3 is 2.75 bits per heavy atom. The maximum atomic E-state index is 8.70. The molecule has 1 heterocycles. The van der Waals surface area contributed by atoms with E-state index in [0.29, 0.717) is 12.6 Å². The SMILES string of the molecule is CC(c1cnn(C)c1)N(C)CCCCCO. The summed E-state index contributed by atoms with van der Waals surface area (Å²) in [4.78, 5) is 2.33. The van der Waals surface area contributed by atoms with Crippen LogP contribution in [-0.4, -0.2) is 40.0 Å². The number of aliphatic hydroxyl groups is 1. The lowest BCUT2D eigenvalue weighted by Gasteiger charge is -2.23. The van der Waals surface area contributed by atoms with Crippen LogP contribution in [0.2, 0.25) is 0 Å². The van der Waals surface area contributed by atoms with Gasteiger partial charge in [0, 0.05) is 31.5 Å². The van der Waals surface area contributed by atoms with E-state index in [-0.39, 0.29) is 0 Å². The molecule has 0 radical (unpaired) electrons. The molecule has 0 aromatic carbocycles. The van der Waals surface area contributed by atoms with Gasteiger partial charge in [0.05, 0.1) is 6.20 Å². The van der Waals surface area contributed by atoms with Gasteiger partial charge in [-0.05, 0) is 39.8 Å². The topological polar surface area (TPSA) is 41.3 Å². The van der Waals surface area contributed by atoms with Crippen LogP contribution in [-0.2, 0) is 7.05 Å². The molecule has 1 rings (SSSR count).